The Kier molecular flexibility index (Phi) is 9.22. The minimum Gasteiger partial charge on any atom is -0.356 e. The van der Waals surface area contributed by atoms with Crippen molar-refractivity contribution >= 4 is 52.6 Å². The van der Waals surface area contributed by atoms with Crippen molar-refractivity contribution in [1.29, 1.82) is 0 Å². The smallest absolute Gasteiger partial charge is 0.191 e. The van der Waals surface area contributed by atoms with Gasteiger partial charge < -0.3 is 10.6 Å². The maximum atomic E-state index is 4.49. The Bertz CT molecular complexity index is 620. The molecule has 2 aromatic heterocycles. The minimum atomic E-state index is 0. The second kappa shape index (κ2) is 10.4. The van der Waals surface area contributed by atoms with Crippen molar-refractivity contribution in [2.24, 2.45) is 4.99 Å². The number of aryl methyl sites for hydroxylation is 2. The Morgan fingerprint density at radius 2 is 2.08 bits per heavy atom. The molecule has 7 heteroatoms. The number of guanidine groups is 1. The summed E-state index contributed by atoms with van der Waals surface area (Å²) in [5.74, 6) is 0.866. The molecule has 0 amide bonds. The first kappa shape index (κ1) is 21.4. The lowest BCUT2D eigenvalue weighted by Crippen LogP contribution is -2.43. The number of thiophene rings is 1. The first-order valence-electron chi connectivity index (χ1n) is 7.91. The highest BCUT2D eigenvalue weighted by Gasteiger charge is 2.21. The van der Waals surface area contributed by atoms with E-state index in [0.717, 1.165) is 37.6 Å². The van der Waals surface area contributed by atoms with Crippen LogP contribution in [-0.4, -0.2) is 31.1 Å². The van der Waals surface area contributed by atoms with Crippen molar-refractivity contribution in [3.8, 4) is 0 Å². The van der Waals surface area contributed by atoms with E-state index in [1.807, 2.05) is 14.0 Å². The molecule has 0 aromatic carbocycles. The van der Waals surface area contributed by atoms with Gasteiger partial charge >= 0.3 is 0 Å². The third-order valence-electron chi connectivity index (χ3n) is 3.64. The van der Waals surface area contributed by atoms with Crippen molar-refractivity contribution in [3.63, 3.8) is 0 Å². The fourth-order valence-corrected chi connectivity index (χ4v) is 3.91. The van der Waals surface area contributed by atoms with Crippen LogP contribution < -0.4 is 10.6 Å². The molecule has 0 saturated carbocycles. The van der Waals surface area contributed by atoms with Crippen molar-refractivity contribution in [2.75, 3.05) is 20.1 Å². The highest BCUT2D eigenvalue weighted by atomic mass is 127. The molecule has 0 radical (unpaired) electrons. The quantitative estimate of drug-likeness (QED) is 0.271. The zero-order chi connectivity index (χ0) is 16.7. The lowest BCUT2D eigenvalue weighted by Gasteiger charge is -2.25. The first-order valence-corrected chi connectivity index (χ1v) is 9.67. The van der Waals surface area contributed by atoms with Crippen LogP contribution in [0.2, 0.25) is 0 Å². The Morgan fingerprint density at radius 1 is 1.29 bits per heavy atom. The molecule has 24 heavy (non-hydrogen) atoms. The summed E-state index contributed by atoms with van der Waals surface area (Å²) < 4.78 is 0. The molecule has 0 fully saturated rings. The number of halogens is 1. The second-order valence-electron chi connectivity index (χ2n) is 6.20. The Hall–Kier alpha value is -0.670. The summed E-state index contributed by atoms with van der Waals surface area (Å²) in [4.78, 5) is 10.2. The van der Waals surface area contributed by atoms with Crippen LogP contribution in [0.3, 0.4) is 0 Å². The minimum absolute atomic E-state index is 0. The molecule has 2 aromatic rings. The molecular weight excluding hydrogens is 451 g/mol. The Balaban J connectivity index is 0.00000288. The SMILES string of the molecule is CN=C(NCCCc1nc(C)cs1)NCC(C)(C)c1cccs1.I. The van der Waals surface area contributed by atoms with Crippen LogP contribution in [0.5, 0.6) is 0 Å². The molecule has 0 aliphatic heterocycles. The number of rotatable bonds is 7. The molecule has 0 aliphatic rings. The molecule has 0 bridgehead atoms. The molecule has 0 atom stereocenters. The molecular formula is C17H27IN4S2. The van der Waals surface area contributed by atoms with Gasteiger partial charge in [0.2, 0.25) is 0 Å². The lowest BCUT2D eigenvalue weighted by molar-refractivity contribution is 0.518. The molecule has 0 spiro atoms. The van der Waals surface area contributed by atoms with E-state index in [2.05, 4.69) is 57.4 Å². The average Bonchev–Trinajstić information content (AvgIpc) is 3.18. The van der Waals surface area contributed by atoms with Crippen molar-refractivity contribution in [3.05, 3.63) is 38.5 Å². The second-order valence-corrected chi connectivity index (χ2v) is 8.09. The summed E-state index contributed by atoms with van der Waals surface area (Å²) in [6, 6.07) is 4.30. The molecule has 2 heterocycles. The fourth-order valence-electron chi connectivity index (χ4n) is 2.24. The highest BCUT2D eigenvalue weighted by Crippen LogP contribution is 2.26. The van der Waals surface area contributed by atoms with Crippen molar-refractivity contribution < 1.29 is 0 Å². The number of hydrogen-bond donors (Lipinski definition) is 2. The van der Waals surface area contributed by atoms with Gasteiger partial charge in [0.15, 0.2) is 5.96 Å². The topological polar surface area (TPSA) is 49.3 Å². The maximum absolute atomic E-state index is 4.49. The molecule has 2 rings (SSSR count). The van der Waals surface area contributed by atoms with Crippen LogP contribution in [0.25, 0.3) is 0 Å². The van der Waals surface area contributed by atoms with Crippen LogP contribution in [-0.2, 0) is 11.8 Å². The standard InChI is InChI=1S/C17H26N4S2.HI/c1-13-11-23-15(21-13)8-5-9-19-16(18-4)20-12-17(2,3)14-7-6-10-22-14;/h6-7,10-11H,5,8-9,12H2,1-4H3,(H2,18,19,20);1H. The third-order valence-corrected chi connectivity index (χ3v) is 5.90. The van der Waals surface area contributed by atoms with Gasteiger partial charge in [-0.15, -0.1) is 46.7 Å². The number of aliphatic imine (C=N–C) groups is 1. The molecule has 0 saturated heterocycles. The predicted octanol–water partition coefficient (Wildman–Crippen LogP) is 4.21. The lowest BCUT2D eigenvalue weighted by atomic mass is 9.91. The van der Waals surface area contributed by atoms with Gasteiger partial charge in [-0.25, -0.2) is 4.98 Å². The zero-order valence-corrected chi connectivity index (χ0v) is 18.7. The summed E-state index contributed by atoms with van der Waals surface area (Å²) >= 11 is 3.55. The molecule has 4 nitrogen and oxygen atoms in total. The average molecular weight is 478 g/mol. The summed E-state index contributed by atoms with van der Waals surface area (Å²) in [7, 11) is 1.82. The van der Waals surface area contributed by atoms with E-state index in [4.69, 9.17) is 0 Å². The molecule has 2 N–H and O–H groups in total. The van der Waals surface area contributed by atoms with Gasteiger partial charge in [0.25, 0.3) is 0 Å². The highest BCUT2D eigenvalue weighted by molar-refractivity contribution is 14.0. The maximum Gasteiger partial charge on any atom is 0.191 e. The third kappa shape index (κ3) is 6.68. The van der Waals surface area contributed by atoms with E-state index in [1.165, 1.54) is 9.88 Å². The number of nitrogens with one attached hydrogen (secondary N) is 2. The van der Waals surface area contributed by atoms with Crippen molar-refractivity contribution in [1.82, 2.24) is 15.6 Å². The predicted molar refractivity (Wildman–Crippen MR) is 117 cm³/mol. The van der Waals surface area contributed by atoms with Gasteiger partial charge in [0.1, 0.15) is 0 Å². The van der Waals surface area contributed by atoms with E-state index < -0.39 is 0 Å². The molecule has 134 valence electrons. The van der Waals surface area contributed by atoms with Gasteiger partial charge in [-0.3, -0.25) is 4.99 Å². The summed E-state index contributed by atoms with van der Waals surface area (Å²) in [5.41, 5.74) is 1.22. The van der Waals surface area contributed by atoms with Crippen molar-refractivity contribution in [2.45, 2.75) is 39.0 Å². The first-order chi connectivity index (χ1) is 11.0. The van der Waals surface area contributed by atoms with Crippen LogP contribution in [0, 0.1) is 6.92 Å². The van der Waals surface area contributed by atoms with Gasteiger partial charge in [-0.2, -0.15) is 0 Å². The van der Waals surface area contributed by atoms with E-state index in [9.17, 15) is 0 Å². The number of aromatic nitrogens is 1. The van der Waals surface area contributed by atoms with Gasteiger partial charge in [-0.1, -0.05) is 19.9 Å². The molecule has 0 unspecified atom stereocenters. The molecule has 0 aliphatic carbocycles. The van der Waals surface area contributed by atoms with Crippen LogP contribution >= 0.6 is 46.7 Å². The fraction of sp³-hybridized carbons (Fsp3) is 0.529. The summed E-state index contributed by atoms with van der Waals surface area (Å²) in [5, 5.41) is 12.3. The van der Waals surface area contributed by atoms with Gasteiger partial charge in [-0.05, 0) is 24.8 Å². The Labute approximate surface area is 170 Å². The monoisotopic (exact) mass is 478 g/mol. The Morgan fingerprint density at radius 3 is 2.67 bits per heavy atom. The van der Waals surface area contributed by atoms with Crippen LogP contribution in [0.4, 0.5) is 0 Å². The van der Waals surface area contributed by atoms with E-state index in [-0.39, 0.29) is 29.4 Å². The van der Waals surface area contributed by atoms with Gasteiger partial charge in [0.05, 0.1) is 5.01 Å². The number of thiazole rings is 1. The summed E-state index contributed by atoms with van der Waals surface area (Å²) in [6.45, 7) is 8.31. The van der Waals surface area contributed by atoms with E-state index >= 15 is 0 Å². The van der Waals surface area contributed by atoms with Crippen LogP contribution in [0.1, 0.15) is 35.8 Å². The number of nitrogens with zero attached hydrogens (tertiary/aromatic N) is 2. The van der Waals surface area contributed by atoms with E-state index in [1.54, 1.807) is 22.7 Å². The normalized spacial score (nSPS) is 11.9. The largest absolute Gasteiger partial charge is 0.356 e. The van der Waals surface area contributed by atoms with Gasteiger partial charge in [0, 0.05) is 47.9 Å². The van der Waals surface area contributed by atoms with Crippen LogP contribution in [0.15, 0.2) is 27.9 Å². The zero-order valence-electron chi connectivity index (χ0n) is 14.8. The summed E-state index contributed by atoms with van der Waals surface area (Å²) in [6.07, 6.45) is 2.07. The van der Waals surface area contributed by atoms with E-state index in [0.29, 0.717) is 0 Å². The number of hydrogen-bond acceptors (Lipinski definition) is 4.